The van der Waals surface area contributed by atoms with Crippen molar-refractivity contribution >= 4 is 56.9 Å². The lowest BCUT2D eigenvalue weighted by molar-refractivity contribution is -0.136. The largest absolute Gasteiger partial charge is 0.465 e. The number of carbonyl (C=O) groups excluding carboxylic acids is 2. The van der Waals surface area contributed by atoms with E-state index in [0.29, 0.717) is 27.2 Å². The van der Waals surface area contributed by atoms with Crippen LogP contribution in [-0.2, 0) is 30.9 Å². The first-order chi connectivity index (χ1) is 17.1. The van der Waals surface area contributed by atoms with E-state index in [9.17, 15) is 18.0 Å². The summed E-state index contributed by atoms with van der Waals surface area (Å²) in [4.78, 5) is 27.3. The van der Waals surface area contributed by atoms with Gasteiger partial charge in [0.05, 0.1) is 35.4 Å². The Labute approximate surface area is 217 Å². The zero-order valence-electron chi connectivity index (χ0n) is 19.1. The smallest absolute Gasteiger partial charge is 0.340 e. The Balaban J connectivity index is 1.60. The summed E-state index contributed by atoms with van der Waals surface area (Å²) in [5.74, 6) is -0.589. The quantitative estimate of drug-likeness (QED) is 0.332. The average Bonchev–Trinajstić information content (AvgIpc) is 3.39. The van der Waals surface area contributed by atoms with Crippen LogP contribution in [0.4, 0.5) is 5.69 Å². The Morgan fingerprint density at radius 2 is 1.81 bits per heavy atom. The topological polar surface area (TPSA) is 106 Å². The van der Waals surface area contributed by atoms with E-state index in [4.69, 9.17) is 32.4 Å². The minimum absolute atomic E-state index is 0.0572. The molecule has 1 aliphatic rings. The van der Waals surface area contributed by atoms with Gasteiger partial charge in [-0.3, -0.25) is 9.69 Å². The van der Waals surface area contributed by atoms with Gasteiger partial charge in [0.2, 0.25) is 10.0 Å². The van der Waals surface area contributed by atoms with E-state index < -0.39 is 21.9 Å². The first kappa shape index (κ1) is 25.7. The second kappa shape index (κ2) is 10.3. The third-order valence-corrected chi connectivity index (χ3v) is 7.29. The molecule has 0 radical (unpaired) electrons. The molecule has 0 saturated carbocycles. The number of allylic oxidation sites excluding steroid dienone is 1. The molecule has 186 valence electrons. The first-order valence-corrected chi connectivity index (χ1v) is 12.8. The van der Waals surface area contributed by atoms with E-state index in [-0.39, 0.29) is 28.3 Å². The van der Waals surface area contributed by atoms with Crippen molar-refractivity contribution in [1.82, 2.24) is 4.72 Å². The van der Waals surface area contributed by atoms with Crippen molar-refractivity contribution in [2.24, 2.45) is 0 Å². The van der Waals surface area contributed by atoms with Crippen LogP contribution in [0, 0.1) is 0 Å². The Bertz CT molecular complexity index is 1510. The number of nitrogens with zero attached hydrogens (tertiary/aromatic N) is 1. The number of halogens is 2. The molecule has 2 aromatic carbocycles. The molecular formula is C25H20Cl2N2O6S. The van der Waals surface area contributed by atoms with Gasteiger partial charge < -0.3 is 9.15 Å². The predicted molar refractivity (Wildman–Crippen MR) is 136 cm³/mol. The number of furan rings is 1. The SMILES string of the molecule is COC(=O)C1=C(C)N(c2cccc(Cl)c2)C(=O)/C1=C/c1ccc(CNS(=O)(=O)c2ccc(Cl)cc2)o1. The minimum Gasteiger partial charge on any atom is -0.465 e. The zero-order chi connectivity index (χ0) is 26.0. The number of carbonyl (C=O) groups is 2. The number of hydrogen-bond donors (Lipinski definition) is 1. The van der Waals surface area contributed by atoms with Gasteiger partial charge in [0.25, 0.3) is 5.91 Å². The monoisotopic (exact) mass is 546 g/mol. The number of amides is 1. The van der Waals surface area contributed by atoms with Crippen molar-refractivity contribution in [3.63, 3.8) is 0 Å². The predicted octanol–water partition coefficient (Wildman–Crippen LogP) is 4.94. The molecule has 0 fully saturated rings. The third kappa shape index (κ3) is 5.24. The van der Waals surface area contributed by atoms with Crippen molar-refractivity contribution in [1.29, 1.82) is 0 Å². The summed E-state index contributed by atoms with van der Waals surface area (Å²) in [6.07, 6.45) is 1.42. The molecule has 0 unspecified atom stereocenters. The summed E-state index contributed by atoms with van der Waals surface area (Å²) in [6.45, 7) is 1.50. The number of sulfonamides is 1. The lowest BCUT2D eigenvalue weighted by Crippen LogP contribution is -2.24. The van der Waals surface area contributed by atoms with Crippen LogP contribution in [0.15, 0.2) is 86.8 Å². The van der Waals surface area contributed by atoms with Crippen LogP contribution in [0.25, 0.3) is 6.08 Å². The Kier molecular flexibility index (Phi) is 7.37. The van der Waals surface area contributed by atoms with Gasteiger partial charge in [-0.15, -0.1) is 0 Å². The highest BCUT2D eigenvalue weighted by atomic mass is 35.5. The summed E-state index contributed by atoms with van der Waals surface area (Å²) >= 11 is 11.9. The molecule has 1 amide bonds. The van der Waals surface area contributed by atoms with Crippen LogP contribution in [0.1, 0.15) is 18.4 Å². The van der Waals surface area contributed by atoms with Crippen molar-refractivity contribution < 1.29 is 27.2 Å². The fourth-order valence-corrected chi connectivity index (χ4v) is 4.98. The van der Waals surface area contributed by atoms with Crippen molar-refractivity contribution in [3.05, 3.63) is 99.1 Å². The molecule has 2 heterocycles. The molecular weight excluding hydrogens is 527 g/mol. The fourth-order valence-electron chi connectivity index (χ4n) is 3.68. The molecule has 0 saturated heterocycles. The molecule has 3 aromatic rings. The van der Waals surface area contributed by atoms with E-state index in [1.54, 1.807) is 43.3 Å². The van der Waals surface area contributed by atoms with Crippen molar-refractivity contribution in [2.75, 3.05) is 12.0 Å². The molecule has 8 nitrogen and oxygen atoms in total. The number of nitrogens with one attached hydrogen (secondary N) is 1. The molecule has 11 heteroatoms. The van der Waals surface area contributed by atoms with E-state index in [1.165, 1.54) is 42.4 Å². The summed E-state index contributed by atoms with van der Waals surface area (Å²) in [5.41, 5.74) is 1.03. The average molecular weight is 547 g/mol. The lowest BCUT2D eigenvalue weighted by Gasteiger charge is -2.18. The van der Waals surface area contributed by atoms with E-state index in [2.05, 4.69) is 4.72 Å². The maximum Gasteiger partial charge on any atom is 0.340 e. The number of hydrogen-bond acceptors (Lipinski definition) is 6. The van der Waals surface area contributed by atoms with Gasteiger partial charge in [0, 0.05) is 15.7 Å². The highest BCUT2D eigenvalue weighted by Gasteiger charge is 2.38. The first-order valence-electron chi connectivity index (χ1n) is 10.6. The summed E-state index contributed by atoms with van der Waals surface area (Å²) in [6, 6.07) is 15.6. The number of anilines is 1. The molecule has 0 atom stereocenters. The fraction of sp³-hybridized carbons (Fsp3) is 0.120. The van der Waals surface area contributed by atoms with Gasteiger partial charge in [-0.25, -0.2) is 17.9 Å². The molecule has 0 bridgehead atoms. The Morgan fingerprint density at radius 3 is 2.47 bits per heavy atom. The van der Waals surface area contributed by atoms with Crippen LogP contribution in [0.3, 0.4) is 0 Å². The Morgan fingerprint density at radius 1 is 1.08 bits per heavy atom. The molecule has 1 N–H and O–H groups in total. The van der Waals surface area contributed by atoms with Gasteiger partial charge in [0.15, 0.2) is 0 Å². The Hall–Kier alpha value is -3.37. The highest BCUT2D eigenvalue weighted by molar-refractivity contribution is 7.89. The summed E-state index contributed by atoms with van der Waals surface area (Å²) in [7, 11) is -2.57. The van der Waals surface area contributed by atoms with Crippen molar-refractivity contribution in [3.8, 4) is 0 Å². The second-order valence-corrected chi connectivity index (χ2v) is 10.4. The summed E-state index contributed by atoms with van der Waals surface area (Å²) in [5, 5.41) is 0.852. The van der Waals surface area contributed by atoms with Crippen LogP contribution >= 0.6 is 23.2 Å². The van der Waals surface area contributed by atoms with Gasteiger partial charge >= 0.3 is 5.97 Å². The molecule has 1 aliphatic heterocycles. The number of rotatable bonds is 7. The summed E-state index contributed by atoms with van der Waals surface area (Å²) < 4.78 is 38.1. The van der Waals surface area contributed by atoms with Gasteiger partial charge in [-0.2, -0.15) is 0 Å². The normalized spacial score (nSPS) is 15.2. The van der Waals surface area contributed by atoms with E-state index in [1.807, 2.05) is 0 Å². The van der Waals surface area contributed by atoms with Gasteiger partial charge in [0.1, 0.15) is 11.5 Å². The van der Waals surface area contributed by atoms with Gasteiger partial charge in [-0.05, 0) is 67.6 Å². The van der Waals surface area contributed by atoms with Crippen LogP contribution in [0.5, 0.6) is 0 Å². The van der Waals surface area contributed by atoms with Crippen molar-refractivity contribution in [2.45, 2.75) is 18.4 Å². The van der Waals surface area contributed by atoms with Gasteiger partial charge in [-0.1, -0.05) is 29.3 Å². The lowest BCUT2D eigenvalue weighted by atomic mass is 10.1. The third-order valence-electron chi connectivity index (χ3n) is 5.39. The number of benzene rings is 2. The number of methoxy groups -OCH3 is 1. The van der Waals surface area contributed by atoms with Crippen LogP contribution < -0.4 is 9.62 Å². The highest BCUT2D eigenvalue weighted by Crippen LogP contribution is 2.36. The second-order valence-electron chi connectivity index (χ2n) is 7.71. The maximum absolute atomic E-state index is 13.3. The number of ether oxygens (including phenoxy) is 1. The standard InChI is InChI=1S/C25H20Cl2N2O6S/c1-15-23(25(31)34-2)22(24(30)29(15)18-5-3-4-17(27)12-18)13-19-8-9-20(35-19)14-28-36(32,33)21-10-6-16(26)7-11-21/h3-13,28H,14H2,1-2H3/b22-13+. The molecule has 4 rings (SSSR count). The van der Waals surface area contributed by atoms with E-state index in [0.717, 1.165) is 0 Å². The minimum atomic E-state index is -3.79. The van der Waals surface area contributed by atoms with E-state index >= 15 is 0 Å². The maximum atomic E-state index is 13.3. The number of esters is 1. The molecule has 0 aliphatic carbocycles. The molecule has 36 heavy (non-hydrogen) atoms. The molecule has 1 aromatic heterocycles. The zero-order valence-corrected chi connectivity index (χ0v) is 21.4. The van der Waals surface area contributed by atoms with Crippen LogP contribution in [-0.4, -0.2) is 27.4 Å². The van der Waals surface area contributed by atoms with Crippen LogP contribution in [0.2, 0.25) is 10.0 Å². The molecule has 0 spiro atoms.